The van der Waals surface area contributed by atoms with Gasteiger partial charge < -0.3 is 25.6 Å². The van der Waals surface area contributed by atoms with Gasteiger partial charge >= 0.3 is 0 Å². The molecule has 0 aliphatic rings. The van der Waals surface area contributed by atoms with E-state index in [0.717, 1.165) is 29.1 Å². The number of imidazole rings is 1. The fourth-order valence-electron chi connectivity index (χ4n) is 3.82. The van der Waals surface area contributed by atoms with Crippen molar-refractivity contribution in [3.8, 4) is 0 Å². The third kappa shape index (κ3) is 5.39. The smallest absolute Gasteiger partial charge is 0.233 e. The van der Waals surface area contributed by atoms with E-state index < -0.39 is 0 Å². The van der Waals surface area contributed by atoms with Crippen LogP contribution in [0.2, 0.25) is 0 Å². The summed E-state index contributed by atoms with van der Waals surface area (Å²) in [5.74, 6) is 1.45. The molecule has 0 saturated carbocycles. The molecular formula is C26H25FN8O. The van der Waals surface area contributed by atoms with E-state index in [0.29, 0.717) is 11.6 Å². The lowest BCUT2D eigenvalue weighted by molar-refractivity contribution is 0.311. The SMILES string of the molecule is Cc1nc2cc(Nc3nc(NCCO)nc(Nc4ccc(F)cc4)n3)ccc2n1Cc1ccccc1. The largest absolute Gasteiger partial charge is 0.395 e. The van der Waals surface area contributed by atoms with Gasteiger partial charge in [0.15, 0.2) is 0 Å². The molecule has 0 radical (unpaired) electrons. The molecular weight excluding hydrogens is 459 g/mol. The number of halogens is 1. The van der Waals surface area contributed by atoms with E-state index in [4.69, 9.17) is 4.98 Å². The van der Waals surface area contributed by atoms with Gasteiger partial charge in [0.1, 0.15) is 11.6 Å². The van der Waals surface area contributed by atoms with Crippen LogP contribution in [0.3, 0.4) is 0 Å². The zero-order valence-electron chi connectivity index (χ0n) is 19.6. The molecule has 0 aliphatic heterocycles. The fraction of sp³-hybridized carbons (Fsp3) is 0.154. The monoisotopic (exact) mass is 484 g/mol. The van der Waals surface area contributed by atoms with Gasteiger partial charge in [-0.2, -0.15) is 15.0 Å². The number of nitrogens with zero attached hydrogens (tertiary/aromatic N) is 5. The highest BCUT2D eigenvalue weighted by atomic mass is 19.1. The van der Waals surface area contributed by atoms with Crippen molar-refractivity contribution < 1.29 is 9.50 Å². The quantitative estimate of drug-likeness (QED) is 0.240. The van der Waals surface area contributed by atoms with E-state index in [1.165, 1.54) is 17.7 Å². The summed E-state index contributed by atoms with van der Waals surface area (Å²) in [4.78, 5) is 17.9. The van der Waals surface area contributed by atoms with Gasteiger partial charge in [0, 0.05) is 24.5 Å². The van der Waals surface area contributed by atoms with Crippen LogP contribution in [0.15, 0.2) is 72.8 Å². The Morgan fingerprint density at radius 1 is 0.806 bits per heavy atom. The van der Waals surface area contributed by atoms with Crippen LogP contribution in [0.5, 0.6) is 0 Å². The Bertz CT molecular complexity index is 1470. The minimum atomic E-state index is -0.333. The average molecular weight is 485 g/mol. The van der Waals surface area contributed by atoms with Gasteiger partial charge in [0.25, 0.3) is 0 Å². The Morgan fingerprint density at radius 3 is 2.19 bits per heavy atom. The summed E-state index contributed by atoms with van der Waals surface area (Å²) in [5.41, 5.74) is 4.48. The second-order valence-corrected chi connectivity index (χ2v) is 8.15. The van der Waals surface area contributed by atoms with Crippen molar-refractivity contribution in [3.05, 3.63) is 90.0 Å². The van der Waals surface area contributed by atoms with Crippen LogP contribution in [0, 0.1) is 12.7 Å². The Hall–Kier alpha value is -4.57. The Labute approximate surface area is 207 Å². The molecule has 0 amide bonds. The number of rotatable bonds is 9. The summed E-state index contributed by atoms with van der Waals surface area (Å²) < 4.78 is 15.4. The van der Waals surface area contributed by atoms with Crippen molar-refractivity contribution in [3.63, 3.8) is 0 Å². The summed E-state index contributed by atoms with van der Waals surface area (Å²) in [5, 5.41) is 18.4. The number of aromatic nitrogens is 5. The molecule has 10 heteroatoms. The molecule has 2 aromatic heterocycles. The molecule has 36 heavy (non-hydrogen) atoms. The molecule has 0 aliphatic carbocycles. The topological polar surface area (TPSA) is 113 Å². The number of aliphatic hydroxyl groups is 1. The van der Waals surface area contributed by atoms with E-state index in [-0.39, 0.29) is 30.9 Å². The number of aliphatic hydroxyl groups excluding tert-OH is 1. The normalized spacial score (nSPS) is 11.0. The summed E-state index contributed by atoms with van der Waals surface area (Å²) in [6, 6.07) is 22.1. The minimum absolute atomic E-state index is 0.0726. The number of anilines is 5. The lowest BCUT2D eigenvalue weighted by Crippen LogP contribution is -2.12. The van der Waals surface area contributed by atoms with Crippen LogP contribution in [-0.2, 0) is 6.54 Å². The molecule has 0 bridgehead atoms. The first kappa shape index (κ1) is 23.2. The molecule has 0 fully saturated rings. The number of hydrogen-bond donors (Lipinski definition) is 4. The minimum Gasteiger partial charge on any atom is -0.395 e. The second kappa shape index (κ2) is 10.4. The van der Waals surface area contributed by atoms with Crippen molar-refractivity contribution in [2.75, 3.05) is 29.1 Å². The predicted molar refractivity (Wildman–Crippen MR) is 138 cm³/mol. The van der Waals surface area contributed by atoms with E-state index in [1.54, 1.807) is 12.1 Å². The van der Waals surface area contributed by atoms with Crippen molar-refractivity contribution in [2.24, 2.45) is 0 Å². The second-order valence-electron chi connectivity index (χ2n) is 8.15. The van der Waals surface area contributed by atoms with E-state index in [2.05, 4.69) is 47.6 Å². The van der Waals surface area contributed by atoms with Crippen LogP contribution in [0.1, 0.15) is 11.4 Å². The maximum Gasteiger partial charge on any atom is 0.233 e. The molecule has 3 aromatic carbocycles. The third-order valence-corrected chi connectivity index (χ3v) is 5.51. The maximum atomic E-state index is 13.3. The summed E-state index contributed by atoms with van der Waals surface area (Å²) in [7, 11) is 0. The molecule has 0 atom stereocenters. The number of fused-ring (bicyclic) bond motifs is 1. The van der Waals surface area contributed by atoms with Crippen LogP contribution < -0.4 is 16.0 Å². The third-order valence-electron chi connectivity index (χ3n) is 5.51. The number of hydrogen-bond acceptors (Lipinski definition) is 8. The summed E-state index contributed by atoms with van der Waals surface area (Å²) in [6.45, 7) is 2.94. The Balaban J connectivity index is 1.41. The molecule has 182 valence electrons. The van der Waals surface area contributed by atoms with Gasteiger partial charge in [-0.15, -0.1) is 0 Å². The Morgan fingerprint density at radius 2 is 1.47 bits per heavy atom. The van der Waals surface area contributed by atoms with Crippen LogP contribution >= 0.6 is 0 Å². The first-order valence-electron chi connectivity index (χ1n) is 11.5. The first-order chi connectivity index (χ1) is 17.6. The maximum absolute atomic E-state index is 13.3. The van der Waals surface area contributed by atoms with Gasteiger partial charge in [-0.05, 0) is 55.0 Å². The van der Waals surface area contributed by atoms with Crippen LogP contribution in [-0.4, -0.2) is 42.8 Å². The first-order valence-corrected chi connectivity index (χ1v) is 11.5. The molecule has 5 rings (SSSR count). The molecule has 0 spiro atoms. The number of benzene rings is 3. The molecule has 9 nitrogen and oxygen atoms in total. The van der Waals surface area contributed by atoms with Gasteiger partial charge in [0.2, 0.25) is 17.8 Å². The van der Waals surface area contributed by atoms with E-state index in [9.17, 15) is 9.50 Å². The molecule has 5 aromatic rings. The van der Waals surface area contributed by atoms with Crippen molar-refractivity contribution in [1.29, 1.82) is 0 Å². The summed E-state index contributed by atoms with van der Waals surface area (Å²) >= 11 is 0. The van der Waals surface area contributed by atoms with E-state index in [1.807, 2.05) is 43.3 Å². The highest BCUT2D eigenvalue weighted by Gasteiger charge is 2.11. The average Bonchev–Trinajstić information content (AvgIpc) is 3.18. The van der Waals surface area contributed by atoms with Crippen LogP contribution in [0.4, 0.5) is 33.6 Å². The zero-order valence-corrected chi connectivity index (χ0v) is 19.6. The predicted octanol–water partition coefficient (Wildman–Crippen LogP) is 4.61. The standard InChI is InChI=1S/C26H25FN8O/c1-17-29-22-15-21(11-12-23(22)35(17)16-18-5-3-2-4-6-18)31-26-33-24(28-13-14-36)32-25(34-26)30-20-9-7-19(27)8-10-20/h2-12,15,36H,13-14,16H2,1H3,(H3,28,30,31,32,33,34). The van der Waals surface area contributed by atoms with Crippen molar-refractivity contribution in [2.45, 2.75) is 13.5 Å². The van der Waals surface area contributed by atoms with Gasteiger partial charge in [-0.1, -0.05) is 30.3 Å². The number of aryl methyl sites for hydroxylation is 1. The molecule has 0 unspecified atom stereocenters. The van der Waals surface area contributed by atoms with Crippen molar-refractivity contribution >= 4 is 40.3 Å². The van der Waals surface area contributed by atoms with E-state index >= 15 is 0 Å². The fourth-order valence-corrected chi connectivity index (χ4v) is 3.82. The van der Waals surface area contributed by atoms with Crippen LogP contribution in [0.25, 0.3) is 11.0 Å². The lowest BCUT2D eigenvalue weighted by atomic mass is 10.2. The number of nitrogens with one attached hydrogen (secondary N) is 3. The highest BCUT2D eigenvalue weighted by Crippen LogP contribution is 2.24. The zero-order chi connectivity index (χ0) is 24.9. The van der Waals surface area contributed by atoms with Gasteiger partial charge in [-0.25, -0.2) is 9.37 Å². The molecule has 4 N–H and O–H groups in total. The van der Waals surface area contributed by atoms with Gasteiger partial charge in [-0.3, -0.25) is 0 Å². The molecule has 0 saturated heterocycles. The van der Waals surface area contributed by atoms with Crippen molar-refractivity contribution in [1.82, 2.24) is 24.5 Å². The van der Waals surface area contributed by atoms with Gasteiger partial charge in [0.05, 0.1) is 17.6 Å². The Kier molecular flexibility index (Phi) is 6.67. The molecule has 2 heterocycles. The highest BCUT2D eigenvalue weighted by molar-refractivity contribution is 5.81. The summed E-state index contributed by atoms with van der Waals surface area (Å²) in [6.07, 6.45) is 0. The lowest BCUT2D eigenvalue weighted by Gasteiger charge is -2.11.